The summed E-state index contributed by atoms with van der Waals surface area (Å²) in [6.45, 7) is 4.69. The summed E-state index contributed by atoms with van der Waals surface area (Å²) in [7, 11) is 0. The third kappa shape index (κ3) is 6.83. The highest BCUT2D eigenvalue weighted by atomic mass is 16.3. The smallest absolute Gasteiger partial charge is 0.238 e. The number of hydrogen-bond donors (Lipinski definition) is 0. The van der Waals surface area contributed by atoms with Gasteiger partial charge in [0.15, 0.2) is 11.6 Å². The maximum absolute atomic E-state index is 6.83. The van der Waals surface area contributed by atoms with Crippen molar-refractivity contribution in [3.05, 3.63) is 318 Å². The zero-order valence-electron chi connectivity index (χ0n) is 49.8. The molecule has 0 N–H and O–H groups in total. The fourth-order valence-corrected chi connectivity index (χ4v) is 16.4. The fraction of sp³-hybridized carbons (Fsp3) is 0.0471. The van der Waals surface area contributed by atoms with Gasteiger partial charge in [0.25, 0.3) is 0 Å². The Labute approximate surface area is 524 Å². The van der Waals surface area contributed by atoms with E-state index >= 15 is 0 Å². The van der Waals surface area contributed by atoms with E-state index in [0.717, 1.165) is 82.8 Å². The minimum atomic E-state index is -0.456. The number of aromatic nitrogens is 5. The van der Waals surface area contributed by atoms with Gasteiger partial charge in [-0.2, -0.15) is 9.97 Å². The maximum Gasteiger partial charge on any atom is 0.238 e. The van der Waals surface area contributed by atoms with E-state index in [1.165, 1.54) is 88.6 Å². The molecule has 0 aliphatic heterocycles. The average molecular weight is 1160 g/mol. The lowest BCUT2D eigenvalue weighted by atomic mass is 9.70. The van der Waals surface area contributed by atoms with Crippen LogP contribution >= 0.6 is 0 Å². The fourth-order valence-electron chi connectivity index (χ4n) is 16.4. The van der Waals surface area contributed by atoms with Crippen LogP contribution in [0.25, 0.3) is 156 Å². The molecule has 0 amide bonds. The maximum atomic E-state index is 6.83. The Morgan fingerprint density at radius 3 is 1.51 bits per heavy atom. The minimum absolute atomic E-state index is 0.229. The first-order valence-electron chi connectivity index (χ1n) is 31.4. The molecule has 3 aliphatic carbocycles. The lowest BCUT2D eigenvalue weighted by Crippen LogP contribution is -2.25. The van der Waals surface area contributed by atoms with E-state index in [1.807, 2.05) is 36.4 Å². The predicted molar refractivity (Wildman–Crippen MR) is 371 cm³/mol. The second-order valence-corrected chi connectivity index (χ2v) is 25.3. The molecule has 13 aromatic carbocycles. The number of rotatable bonds is 6. The highest BCUT2D eigenvalue weighted by Gasteiger charge is 2.52. The molecule has 424 valence electrons. The van der Waals surface area contributed by atoms with Crippen LogP contribution in [0.15, 0.2) is 290 Å². The quantitative estimate of drug-likeness (QED) is 0.166. The van der Waals surface area contributed by atoms with Crippen molar-refractivity contribution in [2.24, 2.45) is 0 Å². The molecule has 0 atom stereocenters. The standard InChI is InChI=1S/C85H53N5O/c1-84(2)67-32-16-12-29-59(67)62-48-65-64-47-54(38-43-74(64)90(75(65)49-72(62)84)83-87-81(50-21-6-3-7-22-50)86-82(88-83)51-23-8-4-9-24-51)56-31-20-36-77-78(56)66-46-53(39-44-76(66)91-77)52-37-42-73-63(45-52)60-40-41-71-79(80(60)89(73)55-25-10-5-11-26-55)61-30-15-19-35-70(61)85(71)68-33-17-13-27-57(68)58-28-14-18-34-69(58)85/h3-49H,1-2H3. The van der Waals surface area contributed by atoms with Crippen molar-refractivity contribution in [3.8, 4) is 90.0 Å². The van der Waals surface area contributed by atoms with Gasteiger partial charge in [0.1, 0.15) is 11.2 Å². The van der Waals surface area contributed by atoms with Crippen molar-refractivity contribution in [1.82, 2.24) is 24.1 Å². The Morgan fingerprint density at radius 1 is 0.308 bits per heavy atom. The van der Waals surface area contributed by atoms with Crippen LogP contribution in [-0.4, -0.2) is 24.1 Å². The number of fused-ring (bicyclic) bond motifs is 23. The molecule has 20 rings (SSSR count). The summed E-state index contributed by atoms with van der Waals surface area (Å²) in [6, 6.07) is 104. The number of hydrogen-bond acceptors (Lipinski definition) is 4. The molecule has 0 saturated heterocycles. The van der Waals surface area contributed by atoms with Gasteiger partial charge in [0.2, 0.25) is 5.95 Å². The van der Waals surface area contributed by atoms with Crippen LogP contribution in [0, 0.1) is 0 Å². The van der Waals surface area contributed by atoms with E-state index < -0.39 is 5.41 Å². The Morgan fingerprint density at radius 2 is 0.824 bits per heavy atom. The van der Waals surface area contributed by atoms with E-state index in [4.69, 9.17) is 19.4 Å². The second kappa shape index (κ2) is 18.4. The SMILES string of the molecule is CC1(C)c2ccccc2-c2cc3c4cc(-c5cccc6oc7ccc(-c8ccc9c(c8)c8ccc%10c(c8n9-c8ccccc8)-c8ccccc8C%108c9ccccc9-c9ccccc98)cc7c56)ccc4n(-c4nc(-c5ccccc5)nc(-c5ccccc5)n4)c3cc21. The average Bonchev–Trinajstić information content (AvgIpc) is 1.50. The molecule has 91 heavy (non-hydrogen) atoms. The molecular weight excluding hydrogens is 1110 g/mol. The monoisotopic (exact) mass is 1160 g/mol. The summed E-state index contributed by atoms with van der Waals surface area (Å²) >= 11 is 0. The lowest BCUT2D eigenvalue weighted by Gasteiger charge is -2.30. The summed E-state index contributed by atoms with van der Waals surface area (Å²) in [6.07, 6.45) is 0. The molecule has 3 aliphatic rings. The number of benzene rings is 13. The van der Waals surface area contributed by atoms with Gasteiger partial charge >= 0.3 is 0 Å². The lowest BCUT2D eigenvalue weighted by molar-refractivity contribution is 0.661. The molecular formula is C85H53N5O. The second-order valence-electron chi connectivity index (χ2n) is 25.3. The topological polar surface area (TPSA) is 61.7 Å². The first-order chi connectivity index (χ1) is 44.9. The zero-order chi connectivity index (χ0) is 59.8. The van der Waals surface area contributed by atoms with E-state index in [2.05, 4.69) is 272 Å². The van der Waals surface area contributed by atoms with Crippen LogP contribution in [0.2, 0.25) is 0 Å². The summed E-state index contributed by atoms with van der Waals surface area (Å²) in [5, 5.41) is 6.81. The van der Waals surface area contributed by atoms with Gasteiger partial charge in [0, 0.05) is 60.1 Å². The number of nitrogens with zero attached hydrogens (tertiary/aromatic N) is 5. The molecule has 0 saturated carbocycles. The largest absolute Gasteiger partial charge is 0.456 e. The molecule has 4 aromatic heterocycles. The number of para-hydroxylation sites is 1. The van der Waals surface area contributed by atoms with Crippen molar-refractivity contribution >= 4 is 65.6 Å². The molecule has 0 radical (unpaired) electrons. The summed E-state index contributed by atoms with van der Waals surface area (Å²) in [5.41, 5.74) is 28.5. The Hall–Kier alpha value is -11.7. The van der Waals surface area contributed by atoms with Gasteiger partial charge in [-0.3, -0.25) is 4.57 Å². The van der Waals surface area contributed by atoms with Gasteiger partial charge in [0.05, 0.1) is 27.5 Å². The van der Waals surface area contributed by atoms with Crippen LogP contribution in [0.4, 0.5) is 0 Å². The van der Waals surface area contributed by atoms with Crippen LogP contribution in [0.3, 0.4) is 0 Å². The summed E-state index contributed by atoms with van der Waals surface area (Å²) in [4.78, 5) is 15.8. The summed E-state index contributed by atoms with van der Waals surface area (Å²) in [5.74, 6) is 1.80. The van der Waals surface area contributed by atoms with Crippen molar-refractivity contribution < 1.29 is 4.42 Å². The number of furan rings is 1. The first-order valence-corrected chi connectivity index (χ1v) is 31.4. The Bertz CT molecular complexity index is 5880. The van der Waals surface area contributed by atoms with Gasteiger partial charge in [-0.25, -0.2) is 4.98 Å². The summed E-state index contributed by atoms with van der Waals surface area (Å²) < 4.78 is 11.6. The molecule has 6 heteroatoms. The van der Waals surface area contributed by atoms with Crippen LogP contribution in [-0.2, 0) is 10.8 Å². The van der Waals surface area contributed by atoms with Crippen molar-refractivity contribution in [3.63, 3.8) is 0 Å². The van der Waals surface area contributed by atoms with Gasteiger partial charge in [-0.05, 0) is 150 Å². The highest BCUT2D eigenvalue weighted by molar-refractivity contribution is 6.19. The molecule has 4 heterocycles. The first kappa shape index (κ1) is 50.3. The van der Waals surface area contributed by atoms with Crippen LogP contribution in [0.1, 0.15) is 47.2 Å². The van der Waals surface area contributed by atoms with E-state index in [9.17, 15) is 0 Å². The van der Waals surface area contributed by atoms with Gasteiger partial charge in [-0.15, -0.1) is 0 Å². The van der Waals surface area contributed by atoms with Crippen LogP contribution in [0.5, 0.6) is 0 Å². The Balaban J connectivity index is 0.777. The predicted octanol–water partition coefficient (Wildman–Crippen LogP) is 21.3. The highest BCUT2D eigenvalue weighted by Crippen LogP contribution is 2.64. The van der Waals surface area contributed by atoms with Crippen molar-refractivity contribution in [1.29, 1.82) is 0 Å². The molecule has 1 spiro atoms. The van der Waals surface area contributed by atoms with Crippen LogP contribution < -0.4 is 0 Å². The van der Waals surface area contributed by atoms with E-state index in [-0.39, 0.29) is 5.41 Å². The van der Waals surface area contributed by atoms with Crippen molar-refractivity contribution in [2.45, 2.75) is 24.7 Å². The normalized spacial score (nSPS) is 13.8. The van der Waals surface area contributed by atoms with Gasteiger partial charge < -0.3 is 8.98 Å². The molecule has 0 unspecified atom stereocenters. The third-order valence-corrected chi connectivity index (χ3v) is 20.4. The Kier molecular flexibility index (Phi) is 10.2. The zero-order valence-corrected chi connectivity index (χ0v) is 49.8. The van der Waals surface area contributed by atoms with Crippen molar-refractivity contribution in [2.75, 3.05) is 0 Å². The van der Waals surface area contributed by atoms with E-state index in [0.29, 0.717) is 17.6 Å². The van der Waals surface area contributed by atoms with E-state index in [1.54, 1.807) is 0 Å². The molecule has 17 aromatic rings. The molecule has 0 fully saturated rings. The molecule has 0 bridgehead atoms. The van der Waals surface area contributed by atoms with Gasteiger partial charge in [-0.1, -0.05) is 232 Å². The molecule has 6 nitrogen and oxygen atoms in total. The minimum Gasteiger partial charge on any atom is -0.456 e. The third-order valence-electron chi connectivity index (χ3n) is 20.4.